The number of sulfone groups is 1. The fourth-order valence-corrected chi connectivity index (χ4v) is 2.99. The van der Waals surface area contributed by atoms with E-state index in [0.717, 1.165) is 24.4 Å². The number of hydrogen-bond acceptors (Lipinski definition) is 4. The van der Waals surface area contributed by atoms with Crippen LogP contribution in [0, 0.1) is 13.8 Å². The van der Waals surface area contributed by atoms with E-state index in [1.165, 1.54) is 11.8 Å². The molecule has 1 atom stereocenters. The third kappa shape index (κ3) is 4.95. The molecule has 0 aliphatic heterocycles. The summed E-state index contributed by atoms with van der Waals surface area (Å²) in [5.41, 5.74) is 3.41. The minimum Gasteiger partial charge on any atom is -0.314 e. The number of aromatic nitrogens is 2. The van der Waals surface area contributed by atoms with Crippen LogP contribution in [0.2, 0.25) is 0 Å². The maximum atomic E-state index is 11.3. The molecule has 1 aromatic rings. The molecule has 0 radical (unpaired) electrons. The highest BCUT2D eigenvalue weighted by Gasteiger charge is 2.17. The highest BCUT2D eigenvalue weighted by atomic mass is 32.2. The Kier molecular flexibility index (Phi) is 5.55. The zero-order valence-electron chi connectivity index (χ0n) is 12.5. The molecule has 0 aliphatic rings. The van der Waals surface area contributed by atoms with Gasteiger partial charge in [-0.25, -0.2) is 8.42 Å². The van der Waals surface area contributed by atoms with E-state index in [0.29, 0.717) is 6.42 Å². The van der Waals surface area contributed by atoms with Gasteiger partial charge in [0.25, 0.3) is 0 Å². The topological polar surface area (TPSA) is 64.0 Å². The first kappa shape index (κ1) is 16.2. The summed E-state index contributed by atoms with van der Waals surface area (Å²) in [5.74, 6) is 0.225. The molecule has 110 valence electrons. The Morgan fingerprint density at radius 3 is 2.42 bits per heavy atom. The molecule has 0 aliphatic carbocycles. The zero-order valence-corrected chi connectivity index (χ0v) is 13.3. The highest BCUT2D eigenvalue weighted by Crippen LogP contribution is 2.15. The van der Waals surface area contributed by atoms with Gasteiger partial charge in [-0.3, -0.25) is 4.68 Å². The molecule has 1 rings (SSSR count). The lowest BCUT2D eigenvalue weighted by molar-refractivity contribution is 0.504. The molecule has 0 bridgehead atoms. The van der Waals surface area contributed by atoms with Crippen molar-refractivity contribution in [1.82, 2.24) is 15.1 Å². The lowest BCUT2D eigenvalue weighted by Gasteiger charge is -2.17. The third-order valence-electron chi connectivity index (χ3n) is 3.44. The van der Waals surface area contributed by atoms with Crippen LogP contribution < -0.4 is 5.32 Å². The van der Waals surface area contributed by atoms with Crippen LogP contribution >= 0.6 is 0 Å². The van der Waals surface area contributed by atoms with E-state index in [2.05, 4.69) is 17.3 Å². The molecule has 1 N–H and O–H groups in total. The molecular weight excluding hydrogens is 262 g/mol. The number of rotatable bonds is 7. The van der Waals surface area contributed by atoms with Crippen molar-refractivity contribution in [3.8, 4) is 0 Å². The minimum atomic E-state index is -2.91. The molecule has 1 aromatic heterocycles. The predicted octanol–water partition coefficient (Wildman–Crippen LogP) is 0.992. The number of hydrogen-bond donors (Lipinski definition) is 1. The van der Waals surface area contributed by atoms with Crippen molar-refractivity contribution in [2.24, 2.45) is 7.05 Å². The summed E-state index contributed by atoms with van der Waals surface area (Å²) in [7, 11) is -0.971. The number of nitrogens with zero attached hydrogens (tertiary/aromatic N) is 2. The van der Waals surface area contributed by atoms with E-state index in [1.807, 2.05) is 25.6 Å². The van der Waals surface area contributed by atoms with Crippen molar-refractivity contribution in [2.75, 3.05) is 18.6 Å². The number of aryl methyl sites for hydroxylation is 2. The Bertz CT molecular complexity index is 520. The first-order valence-electron chi connectivity index (χ1n) is 6.64. The second kappa shape index (κ2) is 6.52. The van der Waals surface area contributed by atoms with Gasteiger partial charge < -0.3 is 5.32 Å². The van der Waals surface area contributed by atoms with Gasteiger partial charge >= 0.3 is 0 Å². The Balaban J connectivity index is 2.78. The van der Waals surface area contributed by atoms with Gasteiger partial charge in [0.1, 0.15) is 9.84 Å². The SMILES string of the molecule is CCNC(CCS(C)(=O)=O)Cc1c(C)nn(C)c1C. The maximum Gasteiger partial charge on any atom is 0.147 e. The Morgan fingerprint density at radius 2 is 2.00 bits per heavy atom. The van der Waals surface area contributed by atoms with Crippen LogP contribution in [0.25, 0.3) is 0 Å². The molecule has 0 aromatic carbocycles. The van der Waals surface area contributed by atoms with E-state index in [9.17, 15) is 8.42 Å². The Morgan fingerprint density at radius 1 is 1.37 bits per heavy atom. The van der Waals surface area contributed by atoms with Crippen molar-refractivity contribution in [3.05, 3.63) is 17.0 Å². The van der Waals surface area contributed by atoms with Crippen LogP contribution in [0.4, 0.5) is 0 Å². The van der Waals surface area contributed by atoms with Gasteiger partial charge in [-0.05, 0) is 38.8 Å². The summed E-state index contributed by atoms with van der Waals surface area (Å²) in [6, 6.07) is 0.182. The normalized spacial score (nSPS) is 13.7. The van der Waals surface area contributed by atoms with Gasteiger partial charge in [0.15, 0.2) is 0 Å². The zero-order chi connectivity index (χ0) is 14.6. The largest absolute Gasteiger partial charge is 0.314 e. The van der Waals surface area contributed by atoms with Crippen LogP contribution in [0.3, 0.4) is 0 Å². The van der Waals surface area contributed by atoms with Crippen molar-refractivity contribution in [2.45, 2.75) is 39.7 Å². The van der Waals surface area contributed by atoms with Gasteiger partial charge in [-0.15, -0.1) is 0 Å². The fraction of sp³-hybridized carbons (Fsp3) is 0.769. The molecule has 1 heterocycles. The second-order valence-electron chi connectivity index (χ2n) is 5.15. The fourth-order valence-electron chi connectivity index (χ4n) is 2.28. The molecule has 5 nitrogen and oxygen atoms in total. The van der Waals surface area contributed by atoms with Gasteiger partial charge in [-0.1, -0.05) is 6.92 Å². The van der Waals surface area contributed by atoms with Crippen LogP contribution in [0.5, 0.6) is 0 Å². The second-order valence-corrected chi connectivity index (χ2v) is 7.41. The average Bonchev–Trinajstić information content (AvgIpc) is 2.52. The molecule has 0 fully saturated rings. The molecular formula is C13H25N3O2S. The minimum absolute atomic E-state index is 0.182. The number of likely N-dealkylation sites (N-methyl/N-ethyl adjacent to an activating group) is 1. The first-order chi connectivity index (χ1) is 8.74. The van der Waals surface area contributed by atoms with Gasteiger partial charge in [0.05, 0.1) is 11.4 Å². The average molecular weight is 287 g/mol. The molecule has 0 saturated heterocycles. The van der Waals surface area contributed by atoms with E-state index in [4.69, 9.17) is 0 Å². The van der Waals surface area contributed by atoms with Crippen molar-refractivity contribution in [3.63, 3.8) is 0 Å². The predicted molar refractivity (Wildman–Crippen MR) is 78.2 cm³/mol. The molecule has 0 saturated carbocycles. The quantitative estimate of drug-likeness (QED) is 0.812. The smallest absolute Gasteiger partial charge is 0.147 e. The number of nitrogens with one attached hydrogen (secondary N) is 1. The summed E-state index contributed by atoms with van der Waals surface area (Å²) in [4.78, 5) is 0. The molecule has 0 spiro atoms. The van der Waals surface area contributed by atoms with E-state index in [-0.39, 0.29) is 11.8 Å². The summed E-state index contributed by atoms with van der Waals surface area (Å²) in [6.07, 6.45) is 2.76. The Hall–Kier alpha value is -0.880. The van der Waals surface area contributed by atoms with Crippen LogP contribution in [0.1, 0.15) is 30.3 Å². The van der Waals surface area contributed by atoms with Gasteiger partial charge in [-0.2, -0.15) is 5.10 Å². The third-order valence-corrected chi connectivity index (χ3v) is 4.42. The summed E-state index contributed by atoms with van der Waals surface area (Å²) < 4.78 is 24.5. The first-order valence-corrected chi connectivity index (χ1v) is 8.70. The van der Waals surface area contributed by atoms with Crippen molar-refractivity contribution < 1.29 is 8.42 Å². The highest BCUT2D eigenvalue weighted by molar-refractivity contribution is 7.90. The van der Waals surface area contributed by atoms with Gasteiger partial charge in [0, 0.05) is 25.0 Å². The summed E-state index contributed by atoms with van der Waals surface area (Å²) >= 11 is 0. The lowest BCUT2D eigenvalue weighted by Crippen LogP contribution is -2.33. The van der Waals surface area contributed by atoms with E-state index >= 15 is 0 Å². The standard InChI is InChI=1S/C13H25N3O2S/c1-6-14-12(7-8-19(5,17)18)9-13-10(2)15-16(4)11(13)3/h12,14H,6-9H2,1-5H3. The Labute approximate surface area is 116 Å². The molecule has 6 heteroatoms. The van der Waals surface area contributed by atoms with Crippen molar-refractivity contribution in [1.29, 1.82) is 0 Å². The van der Waals surface area contributed by atoms with Crippen molar-refractivity contribution >= 4 is 9.84 Å². The monoisotopic (exact) mass is 287 g/mol. The summed E-state index contributed by atoms with van der Waals surface area (Å²) in [6.45, 7) is 6.93. The van der Waals surface area contributed by atoms with Crippen LogP contribution in [-0.2, 0) is 23.3 Å². The molecule has 19 heavy (non-hydrogen) atoms. The van der Waals surface area contributed by atoms with E-state index < -0.39 is 9.84 Å². The van der Waals surface area contributed by atoms with Gasteiger partial charge in [0.2, 0.25) is 0 Å². The molecule has 1 unspecified atom stereocenters. The maximum absolute atomic E-state index is 11.3. The van der Waals surface area contributed by atoms with Crippen LogP contribution in [-0.4, -0.2) is 42.8 Å². The van der Waals surface area contributed by atoms with E-state index in [1.54, 1.807) is 0 Å². The lowest BCUT2D eigenvalue weighted by atomic mass is 10.0. The summed E-state index contributed by atoms with van der Waals surface area (Å²) in [5, 5.41) is 7.77. The van der Waals surface area contributed by atoms with Crippen LogP contribution in [0.15, 0.2) is 0 Å². The molecule has 0 amide bonds.